The molecule has 9 nitrogen and oxygen atoms in total. The second kappa shape index (κ2) is 11.4. The van der Waals surface area contributed by atoms with Gasteiger partial charge in [0, 0.05) is 50.5 Å². The summed E-state index contributed by atoms with van der Waals surface area (Å²) in [7, 11) is -2.28. The van der Waals surface area contributed by atoms with Crippen molar-refractivity contribution >= 4 is 48.3 Å². The first-order chi connectivity index (χ1) is 18.4. The first kappa shape index (κ1) is 26.0. The van der Waals surface area contributed by atoms with Crippen LogP contribution in [-0.2, 0) is 10.0 Å². The number of thiazole rings is 1. The van der Waals surface area contributed by atoms with E-state index >= 15 is 0 Å². The molecule has 0 aliphatic carbocycles. The highest BCUT2D eigenvalue weighted by Crippen LogP contribution is 2.29. The van der Waals surface area contributed by atoms with Crippen molar-refractivity contribution in [2.45, 2.75) is 4.90 Å². The standard InChI is InChI=1S/C27H29N5O4S2/c1-36-22-9-11-23(12-10-22)38(34,35)30-21-6-4-5-20(19-21)26(33)28-13-14-31-15-17-32(18-16-31)27-29-24-7-2-3-8-25(24)37-27/h2-12,19,30H,13-18H2,1H3,(H,28,33). The zero-order valence-electron chi connectivity index (χ0n) is 21.0. The van der Waals surface area contributed by atoms with Crippen LogP contribution in [0.15, 0.2) is 77.7 Å². The maximum atomic E-state index is 12.7. The fraction of sp³-hybridized carbons (Fsp3) is 0.259. The molecule has 0 bridgehead atoms. The maximum absolute atomic E-state index is 12.7. The largest absolute Gasteiger partial charge is 0.497 e. The van der Waals surface area contributed by atoms with E-state index in [-0.39, 0.29) is 10.8 Å². The lowest BCUT2D eigenvalue weighted by Gasteiger charge is -2.34. The third-order valence-electron chi connectivity index (χ3n) is 6.39. The zero-order valence-corrected chi connectivity index (χ0v) is 22.6. The van der Waals surface area contributed by atoms with E-state index < -0.39 is 10.0 Å². The molecule has 1 amide bonds. The molecule has 0 radical (unpaired) electrons. The van der Waals surface area contributed by atoms with Crippen molar-refractivity contribution in [3.63, 3.8) is 0 Å². The highest BCUT2D eigenvalue weighted by Gasteiger charge is 2.20. The first-order valence-electron chi connectivity index (χ1n) is 12.3. The number of nitrogens with one attached hydrogen (secondary N) is 2. The predicted molar refractivity (Wildman–Crippen MR) is 151 cm³/mol. The third kappa shape index (κ3) is 6.07. The Morgan fingerprint density at radius 1 is 1.00 bits per heavy atom. The van der Waals surface area contributed by atoms with E-state index in [1.54, 1.807) is 41.7 Å². The molecule has 0 spiro atoms. The van der Waals surface area contributed by atoms with E-state index in [1.165, 1.54) is 30.0 Å². The number of carbonyl (C=O) groups excluding carboxylic acids is 1. The number of benzene rings is 3. The van der Waals surface area contributed by atoms with Crippen LogP contribution in [-0.4, -0.2) is 70.6 Å². The number of rotatable bonds is 9. The van der Waals surface area contributed by atoms with Crippen LogP contribution in [0.3, 0.4) is 0 Å². The number of aromatic nitrogens is 1. The van der Waals surface area contributed by atoms with Crippen molar-refractivity contribution in [2.75, 3.05) is 56.0 Å². The average Bonchev–Trinajstić information content (AvgIpc) is 3.38. The first-order valence-corrected chi connectivity index (χ1v) is 14.6. The van der Waals surface area contributed by atoms with Gasteiger partial charge in [0.25, 0.3) is 15.9 Å². The quantitative estimate of drug-likeness (QED) is 0.327. The van der Waals surface area contributed by atoms with Crippen molar-refractivity contribution in [3.8, 4) is 5.75 Å². The van der Waals surface area contributed by atoms with Crippen LogP contribution in [0.1, 0.15) is 10.4 Å². The second-order valence-electron chi connectivity index (χ2n) is 8.91. The van der Waals surface area contributed by atoms with E-state index in [0.29, 0.717) is 23.5 Å². The summed E-state index contributed by atoms with van der Waals surface area (Å²) in [5.41, 5.74) is 1.75. The van der Waals surface area contributed by atoms with Gasteiger partial charge in [-0.15, -0.1) is 0 Å². The molecule has 2 N–H and O–H groups in total. The molecule has 5 rings (SSSR count). The molecular weight excluding hydrogens is 522 g/mol. The van der Waals surface area contributed by atoms with Crippen LogP contribution in [0.2, 0.25) is 0 Å². The number of amides is 1. The summed E-state index contributed by atoms with van der Waals surface area (Å²) in [4.78, 5) is 22.2. The number of para-hydroxylation sites is 1. The van der Waals surface area contributed by atoms with Gasteiger partial charge >= 0.3 is 0 Å². The number of hydrogen-bond donors (Lipinski definition) is 2. The topological polar surface area (TPSA) is 104 Å². The minimum atomic E-state index is -3.80. The zero-order chi connectivity index (χ0) is 26.5. The number of carbonyl (C=O) groups is 1. The van der Waals surface area contributed by atoms with Gasteiger partial charge < -0.3 is 15.0 Å². The number of sulfonamides is 1. The molecule has 4 aromatic rings. The summed E-state index contributed by atoms with van der Waals surface area (Å²) in [5, 5.41) is 4.00. The van der Waals surface area contributed by atoms with Crippen LogP contribution in [0.25, 0.3) is 10.2 Å². The number of ether oxygens (including phenoxy) is 1. The van der Waals surface area contributed by atoms with Crippen molar-refractivity contribution in [3.05, 3.63) is 78.4 Å². The Labute approximate surface area is 226 Å². The summed E-state index contributed by atoms with van der Waals surface area (Å²) < 4.78 is 34.3. The number of piperazine rings is 1. The Hall–Kier alpha value is -3.67. The van der Waals surface area contributed by atoms with Gasteiger partial charge in [-0.1, -0.05) is 29.5 Å². The summed E-state index contributed by atoms with van der Waals surface area (Å²) in [5.74, 6) is 0.321. The summed E-state index contributed by atoms with van der Waals surface area (Å²) in [6.07, 6.45) is 0. The number of anilines is 2. The van der Waals surface area contributed by atoms with E-state index in [9.17, 15) is 13.2 Å². The lowest BCUT2D eigenvalue weighted by atomic mass is 10.2. The molecule has 198 valence electrons. The van der Waals surface area contributed by atoms with Gasteiger partial charge in [0.1, 0.15) is 5.75 Å². The van der Waals surface area contributed by atoms with E-state index in [0.717, 1.165) is 43.4 Å². The Morgan fingerprint density at radius 3 is 2.50 bits per heavy atom. The van der Waals surface area contributed by atoms with E-state index in [4.69, 9.17) is 9.72 Å². The van der Waals surface area contributed by atoms with Gasteiger partial charge in [-0.25, -0.2) is 13.4 Å². The molecule has 0 unspecified atom stereocenters. The molecule has 0 saturated carbocycles. The molecule has 11 heteroatoms. The van der Waals surface area contributed by atoms with Crippen LogP contribution in [0, 0.1) is 0 Å². The normalized spacial score (nSPS) is 14.4. The van der Waals surface area contributed by atoms with Crippen molar-refractivity contribution in [1.29, 1.82) is 0 Å². The van der Waals surface area contributed by atoms with Gasteiger partial charge in [-0.05, 0) is 54.6 Å². The molecule has 1 fully saturated rings. The van der Waals surface area contributed by atoms with Gasteiger partial charge in [-0.2, -0.15) is 0 Å². The van der Waals surface area contributed by atoms with Crippen LogP contribution < -0.4 is 19.7 Å². The van der Waals surface area contributed by atoms with Crippen LogP contribution in [0.4, 0.5) is 10.8 Å². The predicted octanol–water partition coefficient (Wildman–Crippen LogP) is 3.66. The highest BCUT2D eigenvalue weighted by atomic mass is 32.2. The molecule has 1 saturated heterocycles. The Kier molecular flexibility index (Phi) is 7.77. The Balaban J connectivity index is 1.10. The summed E-state index contributed by atoms with van der Waals surface area (Å²) >= 11 is 1.72. The molecule has 1 aromatic heterocycles. The van der Waals surface area contributed by atoms with Crippen molar-refractivity contribution in [1.82, 2.24) is 15.2 Å². The fourth-order valence-electron chi connectivity index (χ4n) is 4.28. The van der Waals surface area contributed by atoms with E-state index in [2.05, 4.69) is 25.9 Å². The molecular formula is C27H29N5O4S2. The summed E-state index contributed by atoms with van der Waals surface area (Å²) in [6, 6.07) is 20.8. The second-order valence-corrected chi connectivity index (χ2v) is 11.6. The maximum Gasteiger partial charge on any atom is 0.261 e. The molecule has 38 heavy (non-hydrogen) atoms. The van der Waals surface area contributed by atoms with Crippen LogP contribution in [0.5, 0.6) is 5.75 Å². The Bertz CT molecular complexity index is 1480. The molecule has 1 aliphatic heterocycles. The number of hydrogen-bond acceptors (Lipinski definition) is 8. The van der Waals surface area contributed by atoms with E-state index in [1.807, 2.05) is 18.2 Å². The van der Waals surface area contributed by atoms with Gasteiger partial charge in [0.05, 0.1) is 22.2 Å². The van der Waals surface area contributed by atoms with Crippen molar-refractivity contribution in [2.24, 2.45) is 0 Å². The number of methoxy groups -OCH3 is 1. The SMILES string of the molecule is COc1ccc(S(=O)(=O)Nc2cccc(C(=O)NCCN3CCN(c4nc5ccccc5s4)CC3)c2)cc1. The lowest BCUT2D eigenvalue weighted by Crippen LogP contribution is -2.48. The number of fused-ring (bicyclic) bond motifs is 1. The summed E-state index contributed by atoms with van der Waals surface area (Å²) in [6.45, 7) is 4.82. The van der Waals surface area contributed by atoms with Crippen molar-refractivity contribution < 1.29 is 17.9 Å². The molecule has 1 aliphatic rings. The lowest BCUT2D eigenvalue weighted by molar-refractivity contribution is 0.0948. The molecule has 3 aromatic carbocycles. The van der Waals surface area contributed by atoms with Crippen LogP contribution >= 0.6 is 11.3 Å². The van der Waals surface area contributed by atoms with Gasteiger partial charge in [0.2, 0.25) is 0 Å². The number of nitrogens with zero attached hydrogens (tertiary/aromatic N) is 3. The smallest absolute Gasteiger partial charge is 0.261 e. The monoisotopic (exact) mass is 551 g/mol. The third-order valence-corrected chi connectivity index (χ3v) is 8.88. The fourth-order valence-corrected chi connectivity index (χ4v) is 6.35. The Morgan fingerprint density at radius 2 is 1.76 bits per heavy atom. The highest BCUT2D eigenvalue weighted by molar-refractivity contribution is 7.92. The minimum absolute atomic E-state index is 0.108. The van der Waals surface area contributed by atoms with Gasteiger partial charge in [-0.3, -0.25) is 14.4 Å². The minimum Gasteiger partial charge on any atom is -0.497 e. The average molecular weight is 552 g/mol. The molecule has 0 atom stereocenters. The molecule has 2 heterocycles. The van der Waals surface area contributed by atoms with Gasteiger partial charge in [0.15, 0.2) is 5.13 Å².